The standard InChI is InChI=1S/C15H12BrN3O/c16-11-7-5-10(6-8-11)9-14-18-15(20-19-14)12-3-1-2-4-13(12)17/h1-8H,9,17H2. The van der Waals surface area contributed by atoms with Crippen molar-refractivity contribution in [3.63, 3.8) is 0 Å². The van der Waals surface area contributed by atoms with Gasteiger partial charge < -0.3 is 10.3 Å². The van der Waals surface area contributed by atoms with Gasteiger partial charge in [-0.1, -0.05) is 45.4 Å². The van der Waals surface area contributed by atoms with Crippen molar-refractivity contribution in [2.45, 2.75) is 6.42 Å². The molecule has 0 amide bonds. The maximum Gasteiger partial charge on any atom is 0.260 e. The molecule has 4 nitrogen and oxygen atoms in total. The molecule has 3 rings (SSSR count). The zero-order valence-electron chi connectivity index (χ0n) is 10.6. The topological polar surface area (TPSA) is 64.9 Å². The first-order valence-corrected chi connectivity index (χ1v) is 6.93. The molecular formula is C15H12BrN3O. The minimum absolute atomic E-state index is 0.454. The molecule has 0 unspecified atom stereocenters. The van der Waals surface area contributed by atoms with Gasteiger partial charge in [-0.2, -0.15) is 4.98 Å². The van der Waals surface area contributed by atoms with E-state index >= 15 is 0 Å². The second-order valence-electron chi connectivity index (χ2n) is 4.41. The summed E-state index contributed by atoms with van der Waals surface area (Å²) in [7, 11) is 0. The summed E-state index contributed by atoms with van der Waals surface area (Å²) in [5, 5.41) is 4.00. The van der Waals surface area contributed by atoms with Crippen LogP contribution in [0.15, 0.2) is 57.5 Å². The number of benzene rings is 2. The highest BCUT2D eigenvalue weighted by atomic mass is 79.9. The van der Waals surface area contributed by atoms with E-state index in [0.717, 1.165) is 15.6 Å². The van der Waals surface area contributed by atoms with Crippen LogP contribution in [0.25, 0.3) is 11.5 Å². The Hall–Kier alpha value is -2.14. The second kappa shape index (κ2) is 5.46. The van der Waals surface area contributed by atoms with E-state index in [9.17, 15) is 0 Å². The third-order valence-electron chi connectivity index (χ3n) is 2.93. The van der Waals surface area contributed by atoms with Gasteiger partial charge in [0.15, 0.2) is 5.82 Å². The van der Waals surface area contributed by atoms with Gasteiger partial charge in [-0.05, 0) is 29.8 Å². The van der Waals surface area contributed by atoms with Crippen LogP contribution in [0.2, 0.25) is 0 Å². The van der Waals surface area contributed by atoms with Crippen LogP contribution in [0, 0.1) is 0 Å². The Morgan fingerprint density at radius 2 is 1.80 bits per heavy atom. The maximum atomic E-state index is 5.90. The van der Waals surface area contributed by atoms with Crippen molar-refractivity contribution >= 4 is 21.6 Å². The average molecular weight is 330 g/mol. The Bertz CT molecular complexity index is 722. The van der Waals surface area contributed by atoms with Crippen LogP contribution in [0.3, 0.4) is 0 Å². The van der Waals surface area contributed by atoms with Gasteiger partial charge in [-0.15, -0.1) is 0 Å². The van der Waals surface area contributed by atoms with E-state index in [0.29, 0.717) is 23.8 Å². The number of anilines is 1. The van der Waals surface area contributed by atoms with Crippen LogP contribution < -0.4 is 5.73 Å². The molecule has 0 fully saturated rings. The van der Waals surface area contributed by atoms with E-state index in [1.807, 2.05) is 48.5 Å². The number of hydrogen-bond acceptors (Lipinski definition) is 4. The number of para-hydroxylation sites is 1. The first-order chi connectivity index (χ1) is 9.72. The fourth-order valence-corrected chi connectivity index (χ4v) is 2.18. The predicted molar refractivity (Wildman–Crippen MR) is 81.1 cm³/mol. The molecule has 0 aliphatic rings. The molecule has 100 valence electrons. The summed E-state index contributed by atoms with van der Waals surface area (Å²) >= 11 is 3.41. The number of nitrogens with zero attached hydrogens (tertiary/aromatic N) is 2. The van der Waals surface area contributed by atoms with E-state index in [1.54, 1.807) is 0 Å². The summed E-state index contributed by atoms with van der Waals surface area (Å²) in [5.74, 6) is 1.10. The summed E-state index contributed by atoms with van der Waals surface area (Å²) in [6.45, 7) is 0. The quantitative estimate of drug-likeness (QED) is 0.744. The van der Waals surface area contributed by atoms with E-state index in [2.05, 4.69) is 26.1 Å². The Balaban J connectivity index is 1.84. The number of hydrogen-bond donors (Lipinski definition) is 1. The number of halogens is 1. The maximum absolute atomic E-state index is 5.90. The summed E-state index contributed by atoms with van der Waals surface area (Å²) in [5.41, 5.74) is 8.42. The zero-order chi connectivity index (χ0) is 13.9. The second-order valence-corrected chi connectivity index (χ2v) is 5.32. The molecule has 0 bridgehead atoms. The molecule has 0 radical (unpaired) electrons. The Labute approximate surface area is 124 Å². The molecule has 0 spiro atoms. The summed E-state index contributed by atoms with van der Waals surface area (Å²) in [6.07, 6.45) is 0.628. The van der Waals surface area contributed by atoms with Crippen molar-refractivity contribution in [3.05, 3.63) is 64.4 Å². The van der Waals surface area contributed by atoms with Crippen molar-refractivity contribution in [1.82, 2.24) is 10.1 Å². The molecule has 1 aromatic heterocycles. The number of rotatable bonds is 3. The van der Waals surface area contributed by atoms with Crippen LogP contribution in [-0.4, -0.2) is 10.1 Å². The minimum atomic E-state index is 0.454. The van der Waals surface area contributed by atoms with Crippen molar-refractivity contribution < 1.29 is 4.52 Å². The summed E-state index contributed by atoms with van der Waals surface area (Å²) in [4.78, 5) is 4.39. The monoisotopic (exact) mass is 329 g/mol. The van der Waals surface area contributed by atoms with Crippen LogP contribution in [0.5, 0.6) is 0 Å². The fourth-order valence-electron chi connectivity index (χ4n) is 1.91. The van der Waals surface area contributed by atoms with Crippen LogP contribution >= 0.6 is 15.9 Å². The predicted octanol–water partition coefficient (Wildman–Crippen LogP) is 3.67. The van der Waals surface area contributed by atoms with Crippen LogP contribution in [0.4, 0.5) is 5.69 Å². The number of nitrogen functional groups attached to an aromatic ring is 1. The van der Waals surface area contributed by atoms with Crippen LogP contribution in [-0.2, 0) is 6.42 Å². The van der Waals surface area contributed by atoms with Gasteiger partial charge >= 0.3 is 0 Å². The van der Waals surface area contributed by atoms with Crippen molar-refractivity contribution in [2.75, 3.05) is 5.73 Å². The van der Waals surface area contributed by atoms with Crippen molar-refractivity contribution in [2.24, 2.45) is 0 Å². The SMILES string of the molecule is Nc1ccccc1-c1nc(Cc2ccc(Br)cc2)no1. The highest BCUT2D eigenvalue weighted by Gasteiger charge is 2.11. The summed E-state index contributed by atoms with van der Waals surface area (Å²) in [6, 6.07) is 15.5. The lowest BCUT2D eigenvalue weighted by Gasteiger charge is -1.98. The van der Waals surface area contributed by atoms with Crippen LogP contribution in [0.1, 0.15) is 11.4 Å². The molecular weight excluding hydrogens is 318 g/mol. The van der Waals surface area contributed by atoms with Crippen molar-refractivity contribution in [3.8, 4) is 11.5 Å². The van der Waals surface area contributed by atoms with Gasteiger partial charge in [0.25, 0.3) is 5.89 Å². The molecule has 0 aliphatic heterocycles. The van der Waals surface area contributed by atoms with Gasteiger partial charge in [0.2, 0.25) is 0 Å². The Morgan fingerprint density at radius 1 is 1.05 bits per heavy atom. The molecule has 20 heavy (non-hydrogen) atoms. The lowest BCUT2D eigenvalue weighted by molar-refractivity contribution is 0.424. The highest BCUT2D eigenvalue weighted by molar-refractivity contribution is 9.10. The largest absolute Gasteiger partial charge is 0.398 e. The van der Waals surface area contributed by atoms with Gasteiger partial charge in [0.05, 0.1) is 5.56 Å². The molecule has 0 saturated heterocycles. The molecule has 5 heteroatoms. The van der Waals surface area contributed by atoms with Crippen molar-refractivity contribution in [1.29, 1.82) is 0 Å². The molecule has 0 atom stereocenters. The van der Waals surface area contributed by atoms with E-state index in [-0.39, 0.29) is 0 Å². The Kier molecular flexibility index (Phi) is 3.52. The smallest absolute Gasteiger partial charge is 0.260 e. The molecule has 2 N–H and O–H groups in total. The van der Waals surface area contributed by atoms with E-state index in [1.165, 1.54) is 0 Å². The third kappa shape index (κ3) is 2.72. The van der Waals surface area contributed by atoms with Gasteiger partial charge in [-0.25, -0.2) is 0 Å². The first-order valence-electron chi connectivity index (χ1n) is 6.14. The average Bonchev–Trinajstić information content (AvgIpc) is 2.90. The Morgan fingerprint density at radius 3 is 2.55 bits per heavy atom. The highest BCUT2D eigenvalue weighted by Crippen LogP contribution is 2.24. The molecule has 0 aliphatic carbocycles. The molecule has 3 aromatic rings. The lowest BCUT2D eigenvalue weighted by atomic mass is 10.1. The molecule has 0 saturated carbocycles. The molecule has 2 aromatic carbocycles. The first kappa shape index (κ1) is 12.9. The number of nitrogens with two attached hydrogens (primary N) is 1. The van der Waals surface area contributed by atoms with Gasteiger partial charge in [-0.3, -0.25) is 0 Å². The van der Waals surface area contributed by atoms with Gasteiger partial charge in [0.1, 0.15) is 0 Å². The van der Waals surface area contributed by atoms with E-state index in [4.69, 9.17) is 10.3 Å². The lowest BCUT2D eigenvalue weighted by Crippen LogP contribution is -1.92. The van der Waals surface area contributed by atoms with E-state index < -0.39 is 0 Å². The molecule has 1 heterocycles. The fraction of sp³-hybridized carbons (Fsp3) is 0.0667. The van der Waals surface area contributed by atoms with Gasteiger partial charge in [0, 0.05) is 16.6 Å². The summed E-state index contributed by atoms with van der Waals surface area (Å²) < 4.78 is 6.33. The number of aromatic nitrogens is 2. The normalized spacial score (nSPS) is 10.7. The third-order valence-corrected chi connectivity index (χ3v) is 3.46. The minimum Gasteiger partial charge on any atom is -0.398 e. The zero-order valence-corrected chi connectivity index (χ0v) is 12.2.